The Morgan fingerprint density at radius 3 is 2.31 bits per heavy atom. The monoisotopic (exact) mass is 184 g/mol. The van der Waals surface area contributed by atoms with Crippen LogP contribution < -0.4 is 10.6 Å². The molecule has 0 saturated heterocycles. The molecule has 0 aromatic heterocycles. The summed E-state index contributed by atoms with van der Waals surface area (Å²) >= 11 is 0. The zero-order valence-electron chi connectivity index (χ0n) is 9.27. The molecule has 0 radical (unpaired) electrons. The van der Waals surface area contributed by atoms with Crippen LogP contribution in [-0.2, 0) is 0 Å². The fourth-order valence-corrected chi connectivity index (χ4v) is 2.27. The molecule has 0 amide bonds. The van der Waals surface area contributed by atoms with Crippen molar-refractivity contribution in [3.63, 3.8) is 0 Å². The summed E-state index contributed by atoms with van der Waals surface area (Å²) in [4.78, 5) is 0. The predicted molar refractivity (Wildman–Crippen MR) is 58.0 cm³/mol. The highest BCUT2D eigenvalue weighted by Gasteiger charge is 2.23. The molecule has 2 nitrogen and oxygen atoms in total. The van der Waals surface area contributed by atoms with Crippen molar-refractivity contribution in [1.29, 1.82) is 0 Å². The number of nitrogens with one attached hydrogen (secondary N) is 2. The molecule has 13 heavy (non-hydrogen) atoms. The van der Waals surface area contributed by atoms with Crippen LogP contribution in [0.5, 0.6) is 0 Å². The Balaban J connectivity index is 2.36. The lowest BCUT2D eigenvalue weighted by Gasteiger charge is -2.34. The Kier molecular flexibility index (Phi) is 4.74. The Labute approximate surface area is 82.5 Å². The third-order valence-electron chi connectivity index (χ3n) is 2.78. The molecule has 1 saturated carbocycles. The Morgan fingerprint density at radius 1 is 1.15 bits per heavy atom. The van der Waals surface area contributed by atoms with Crippen molar-refractivity contribution in [2.24, 2.45) is 0 Å². The zero-order valence-corrected chi connectivity index (χ0v) is 9.27. The molecule has 0 heterocycles. The molecule has 0 aromatic rings. The second-order valence-corrected chi connectivity index (χ2v) is 4.38. The molecule has 0 spiro atoms. The van der Waals surface area contributed by atoms with Crippen molar-refractivity contribution in [3.8, 4) is 0 Å². The first-order chi connectivity index (χ1) is 6.24. The molecular formula is C11H24N2. The molecule has 1 fully saturated rings. The van der Waals surface area contributed by atoms with E-state index in [1.807, 2.05) is 0 Å². The van der Waals surface area contributed by atoms with Crippen LogP contribution in [0.1, 0.15) is 46.5 Å². The van der Waals surface area contributed by atoms with Crippen LogP contribution >= 0.6 is 0 Å². The molecule has 78 valence electrons. The molecule has 1 aliphatic carbocycles. The van der Waals surface area contributed by atoms with Gasteiger partial charge in [0.05, 0.1) is 0 Å². The summed E-state index contributed by atoms with van der Waals surface area (Å²) in [6.07, 6.45) is 5.48. The maximum Gasteiger partial charge on any atom is 0.0223 e. The van der Waals surface area contributed by atoms with Crippen LogP contribution in [-0.4, -0.2) is 24.7 Å². The van der Waals surface area contributed by atoms with Crippen LogP contribution in [0.4, 0.5) is 0 Å². The SMILES string of the molecule is CCN[C@H]1CCCC[C@H]1NC(C)C. The summed E-state index contributed by atoms with van der Waals surface area (Å²) in [5, 5.41) is 7.23. The van der Waals surface area contributed by atoms with E-state index in [1.165, 1.54) is 25.7 Å². The number of hydrogen-bond acceptors (Lipinski definition) is 2. The molecule has 0 aliphatic heterocycles. The van der Waals surface area contributed by atoms with Gasteiger partial charge in [-0.3, -0.25) is 0 Å². The summed E-state index contributed by atoms with van der Waals surface area (Å²) < 4.78 is 0. The van der Waals surface area contributed by atoms with Crippen molar-refractivity contribution in [1.82, 2.24) is 10.6 Å². The van der Waals surface area contributed by atoms with E-state index in [0.29, 0.717) is 18.1 Å². The number of hydrogen-bond donors (Lipinski definition) is 2. The average Bonchev–Trinajstić information content (AvgIpc) is 2.08. The van der Waals surface area contributed by atoms with Gasteiger partial charge >= 0.3 is 0 Å². The lowest BCUT2D eigenvalue weighted by Crippen LogP contribution is -2.51. The van der Waals surface area contributed by atoms with Crippen LogP contribution in [0.25, 0.3) is 0 Å². The van der Waals surface area contributed by atoms with Crippen molar-refractivity contribution in [3.05, 3.63) is 0 Å². The van der Waals surface area contributed by atoms with Gasteiger partial charge in [0.15, 0.2) is 0 Å². The van der Waals surface area contributed by atoms with E-state index in [1.54, 1.807) is 0 Å². The summed E-state index contributed by atoms with van der Waals surface area (Å²) in [5.74, 6) is 0. The number of likely N-dealkylation sites (N-methyl/N-ethyl adjacent to an activating group) is 1. The van der Waals surface area contributed by atoms with E-state index in [9.17, 15) is 0 Å². The van der Waals surface area contributed by atoms with E-state index >= 15 is 0 Å². The average molecular weight is 184 g/mol. The molecular weight excluding hydrogens is 160 g/mol. The van der Waals surface area contributed by atoms with Crippen molar-refractivity contribution in [2.45, 2.75) is 64.6 Å². The highest BCUT2D eigenvalue weighted by atomic mass is 15.0. The van der Waals surface area contributed by atoms with Gasteiger partial charge in [0.1, 0.15) is 0 Å². The summed E-state index contributed by atoms with van der Waals surface area (Å²) in [7, 11) is 0. The lowest BCUT2D eigenvalue weighted by molar-refractivity contribution is 0.274. The van der Waals surface area contributed by atoms with E-state index in [2.05, 4.69) is 31.4 Å². The second kappa shape index (κ2) is 5.61. The van der Waals surface area contributed by atoms with E-state index < -0.39 is 0 Å². The molecule has 0 aromatic carbocycles. The van der Waals surface area contributed by atoms with Gasteiger partial charge in [0.25, 0.3) is 0 Å². The molecule has 2 atom stereocenters. The fraction of sp³-hybridized carbons (Fsp3) is 1.00. The predicted octanol–water partition coefficient (Wildman–Crippen LogP) is 1.91. The quantitative estimate of drug-likeness (QED) is 0.697. The molecule has 2 N–H and O–H groups in total. The first kappa shape index (κ1) is 11.0. The summed E-state index contributed by atoms with van der Waals surface area (Å²) in [5.41, 5.74) is 0. The second-order valence-electron chi connectivity index (χ2n) is 4.38. The van der Waals surface area contributed by atoms with Crippen molar-refractivity contribution >= 4 is 0 Å². The molecule has 0 unspecified atom stereocenters. The third-order valence-corrected chi connectivity index (χ3v) is 2.78. The van der Waals surface area contributed by atoms with Crippen LogP contribution in [0.3, 0.4) is 0 Å². The largest absolute Gasteiger partial charge is 0.313 e. The topological polar surface area (TPSA) is 24.1 Å². The highest BCUT2D eigenvalue weighted by Crippen LogP contribution is 2.18. The first-order valence-corrected chi connectivity index (χ1v) is 5.73. The van der Waals surface area contributed by atoms with Gasteiger partial charge in [0.2, 0.25) is 0 Å². The minimum Gasteiger partial charge on any atom is -0.313 e. The van der Waals surface area contributed by atoms with Gasteiger partial charge in [-0.2, -0.15) is 0 Å². The van der Waals surface area contributed by atoms with Gasteiger partial charge in [-0.1, -0.05) is 33.6 Å². The fourth-order valence-electron chi connectivity index (χ4n) is 2.27. The molecule has 2 heteroatoms. The van der Waals surface area contributed by atoms with E-state index in [-0.39, 0.29) is 0 Å². The first-order valence-electron chi connectivity index (χ1n) is 5.73. The van der Waals surface area contributed by atoms with Gasteiger partial charge in [-0.25, -0.2) is 0 Å². The van der Waals surface area contributed by atoms with Crippen LogP contribution in [0.2, 0.25) is 0 Å². The Bertz CT molecular complexity index is 132. The van der Waals surface area contributed by atoms with Gasteiger partial charge in [-0.05, 0) is 19.4 Å². The van der Waals surface area contributed by atoms with Crippen LogP contribution in [0.15, 0.2) is 0 Å². The Hall–Kier alpha value is -0.0800. The number of rotatable bonds is 4. The maximum absolute atomic E-state index is 3.65. The smallest absolute Gasteiger partial charge is 0.0223 e. The van der Waals surface area contributed by atoms with E-state index in [0.717, 1.165) is 6.54 Å². The van der Waals surface area contributed by atoms with Crippen molar-refractivity contribution < 1.29 is 0 Å². The van der Waals surface area contributed by atoms with Gasteiger partial charge < -0.3 is 10.6 Å². The highest BCUT2D eigenvalue weighted by molar-refractivity contribution is 4.86. The molecule has 1 aliphatic rings. The third kappa shape index (κ3) is 3.65. The minimum absolute atomic E-state index is 0.615. The normalized spacial score (nSPS) is 29.5. The minimum atomic E-state index is 0.615. The van der Waals surface area contributed by atoms with Crippen molar-refractivity contribution in [2.75, 3.05) is 6.54 Å². The standard InChI is InChI=1S/C11H24N2/c1-4-12-10-7-5-6-8-11(10)13-9(2)3/h9-13H,4-8H2,1-3H3/t10-,11+/m0/s1. The van der Waals surface area contributed by atoms with Crippen LogP contribution in [0, 0.1) is 0 Å². The lowest BCUT2D eigenvalue weighted by atomic mass is 9.90. The molecule has 0 bridgehead atoms. The van der Waals surface area contributed by atoms with E-state index in [4.69, 9.17) is 0 Å². The van der Waals surface area contributed by atoms with Gasteiger partial charge in [0, 0.05) is 18.1 Å². The summed E-state index contributed by atoms with van der Waals surface area (Å²) in [6.45, 7) is 7.76. The maximum atomic E-state index is 3.65. The summed E-state index contributed by atoms with van der Waals surface area (Å²) in [6, 6.07) is 2.03. The Morgan fingerprint density at radius 2 is 1.77 bits per heavy atom. The van der Waals surface area contributed by atoms with Gasteiger partial charge in [-0.15, -0.1) is 0 Å². The molecule has 1 rings (SSSR count). The zero-order chi connectivity index (χ0) is 9.68.